The average Bonchev–Trinajstić information content (AvgIpc) is 2.95. The maximum absolute atomic E-state index is 12.4. The molecule has 2 aromatic heterocycles. The number of nitrogens with one attached hydrogen (secondary N) is 1. The molecule has 3 rings (SSSR count). The summed E-state index contributed by atoms with van der Waals surface area (Å²) in [5.41, 5.74) is 2.85. The van der Waals surface area contributed by atoms with Crippen molar-refractivity contribution >= 4 is 5.91 Å². The minimum Gasteiger partial charge on any atom is -0.337 e. The van der Waals surface area contributed by atoms with E-state index >= 15 is 0 Å². The fourth-order valence-electron chi connectivity index (χ4n) is 2.98. The molecule has 0 aliphatic carbocycles. The normalized spacial score (nSPS) is 17.7. The molecular weight excluding hydrogens is 266 g/mol. The maximum atomic E-state index is 12.4. The second-order valence-corrected chi connectivity index (χ2v) is 5.87. The first-order valence-electron chi connectivity index (χ1n) is 7.16. The number of aromatic amines is 1. The first-order chi connectivity index (χ1) is 10.1. The van der Waals surface area contributed by atoms with Crippen LogP contribution >= 0.6 is 0 Å². The van der Waals surface area contributed by atoms with Gasteiger partial charge in [-0.25, -0.2) is 4.98 Å². The van der Waals surface area contributed by atoms with Gasteiger partial charge in [0.1, 0.15) is 5.69 Å². The van der Waals surface area contributed by atoms with Gasteiger partial charge in [-0.1, -0.05) is 6.92 Å². The number of amides is 1. The van der Waals surface area contributed by atoms with E-state index in [0.29, 0.717) is 5.69 Å². The Morgan fingerprint density at radius 3 is 2.62 bits per heavy atom. The highest BCUT2D eigenvalue weighted by Crippen LogP contribution is 2.35. The van der Waals surface area contributed by atoms with Gasteiger partial charge in [0.05, 0.1) is 12.4 Å². The SMILES string of the molecule is Cc1cn[nH]c1C1(C)CCN(C(=O)c2cnccn2)CC1. The van der Waals surface area contributed by atoms with E-state index in [1.165, 1.54) is 17.5 Å². The minimum atomic E-state index is -0.0357. The molecule has 3 heterocycles. The number of aryl methyl sites for hydroxylation is 1. The standard InChI is InChI=1S/C15H19N5O/c1-11-9-18-19-13(11)15(2)3-7-20(8-4-15)14(21)12-10-16-5-6-17-12/h5-6,9-10H,3-4,7-8H2,1-2H3,(H,18,19). The number of carbonyl (C=O) groups excluding carboxylic acids is 1. The second-order valence-electron chi connectivity index (χ2n) is 5.87. The molecule has 0 radical (unpaired) electrons. The Morgan fingerprint density at radius 2 is 2.05 bits per heavy atom. The van der Waals surface area contributed by atoms with Crippen molar-refractivity contribution < 1.29 is 4.79 Å². The lowest BCUT2D eigenvalue weighted by atomic mass is 9.76. The number of carbonyl (C=O) groups is 1. The predicted octanol–water partition coefficient (Wildman–Crippen LogP) is 1.70. The quantitative estimate of drug-likeness (QED) is 0.911. The van der Waals surface area contributed by atoms with Gasteiger partial charge in [-0.2, -0.15) is 5.10 Å². The number of H-pyrrole nitrogens is 1. The van der Waals surface area contributed by atoms with Gasteiger partial charge in [0.2, 0.25) is 0 Å². The van der Waals surface area contributed by atoms with Crippen molar-refractivity contribution in [2.24, 2.45) is 0 Å². The first-order valence-corrected chi connectivity index (χ1v) is 7.16. The maximum Gasteiger partial charge on any atom is 0.274 e. The third-order valence-corrected chi connectivity index (χ3v) is 4.37. The average molecular weight is 285 g/mol. The summed E-state index contributed by atoms with van der Waals surface area (Å²) < 4.78 is 0. The van der Waals surface area contributed by atoms with Crippen molar-refractivity contribution in [2.75, 3.05) is 13.1 Å². The van der Waals surface area contributed by atoms with Gasteiger partial charge in [-0.3, -0.25) is 14.9 Å². The van der Waals surface area contributed by atoms with Crippen LogP contribution in [-0.2, 0) is 5.41 Å². The highest BCUT2D eigenvalue weighted by Gasteiger charge is 2.35. The smallest absolute Gasteiger partial charge is 0.274 e. The van der Waals surface area contributed by atoms with Crippen molar-refractivity contribution in [3.8, 4) is 0 Å². The molecule has 0 aromatic carbocycles. The summed E-state index contributed by atoms with van der Waals surface area (Å²) in [7, 11) is 0. The highest BCUT2D eigenvalue weighted by atomic mass is 16.2. The van der Waals surface area contributed by atoms with Crippen LogP contribution in [0.2, 0.25) is 0 Å². The summed E-state index contributed by atoms with van der Waals surface area (Å²) in [5.74, 6) is -0.0357. The van der Waals surface area contributed by atoms with Gasteiger partial charge < -0.3 is 4.90 Å². The molecule has 21 heavy (non-hydrogen) atoms. The molecule has 0 saturated carbocycles. The van der Waals surface area contributed by atoms with Crippen LogP contribution in [0.3, 0.4) is 0 Å². The molecule has 1 aliphatic rings. The topological polar surface area (TPSA) is 74.8 Å². The van der Waals surface area contributed by atoms with Crippen molar-refractivity contribution in [3.63, 3.8) is 0 Å². The van der Waals surface area contributed by atoms with Crippen LogP contribution in [-0.4, -0.2) is 44.1 Å². The van der Waals surface area contributed by atoms with Gasteiger partial charge in [0.25, 0.3) is 5.91 Å². The summed E-state index contributed by atoms with van der Waals surface area (Å²) in [6.07, 6.45) is 8.34. The van der Waals surface area contributed by atoms with E-state index in [9.17, 15) is 4.79 Å². The van der Waals surface area contributed by atoms with Crippen LogP contribution in [0.1, 0.15) is 41.5 Å². The van der Waals surface area contributed by atoms with Crippen molar-refractivity contribution in [1.82, 2.24) is 25.1 Å². The molecule has 6 nitrogen and oxygen atoms in total. The van der Waals surface area contributed by atoms with Crippen LogP contribution < -0.4 is 0 Å². The van der Waals surface area contributed by atoms with Crippen LogP contribution in [0.4, 0.5) is 0 Å². The van der Waals surface area contributed by atoms with Crippen molar-refractivity contribution in [3.05, 3.63) is 41.7 Å². The molecule has 1 N–H and O–H groups in total. The summed E-state index contributed by atoms with van der Waals surface area (Å²) in [4.78, 5) is 22.3. The fourth-order valence-corrected chi connectivity index (χ4v) is 2.98. The van der Waals surface area contributed by atoms with Gasteiger partial charge in [0.15, 0.2) is 0 Å². The van der Waals surface area contributed by atoms with E-state index in [1.807, 2.05) is 11.1 Å². The Labute approximate surface area is 123 Å². The minimum absolute atomic E-state index is 0.0357. The number of rotatable bonds is 2. The lowest BCUT2D eigenvalue weighted by molar-refractivity contribution is 0.0667. The number of hydrogen-bond acceptors (Lipinski definition) is 4. The van der Waals surface area contributed by atoms with Crippen LogP contribution in [0.25, 0.3) is 0 Å². The summed E-state index contributed by atoms with van der Waals surface area (Å²) in [6, 6.07) is 0. The second kappa shape index (κ2) is 5.27. The molecule has 0 unspecified atom stereocenters. The number of likely N-dealkylation sites (tertiary alicyclic amines) is 1. The number of piperidine rings is 1. The van der Waals surface area contributed by atoms with E-state index < -0.39 is 0 Å². The Bertz CT molecular complexity index is 629. The third kappa shape index (κ3) is 2.53. The van der Waals surface area contributed by atoms with E-state index in [4.69, 9.17) is 0 Å². The van der Waals surface area contributed by atoms with Gasteiger partial charge in [-0.15, -0.1) is 0 Å². The molecule has 1 aliphatic heterocycles. The number of hydrogen-bond donors (Lipinski definition) is 1. The number of aromatic nitrogens is 4. The molecule has 0 spiro atoms. The van der Waals surface area contributed by atoms with E-state index in [0.717, 1.165) is 25.9 Å². The lowest BCUT2D eigenvalue weighted by Gasteiger charge is -2.39. The Balaban J connectivity index is 1.71. The summed E-state index contributed by atoms with van der Waals surface area (Å²) >= 11 is 0. The van der Waals surface area contributed by atoms with Gasteiger partial charge in [0, 0.05) is 36.6 Å². The van der Waals surface area contributed by atoms with E-state index in [2.05, 4.69) is 34.0 Å². The monoisotopic (exact) mass is 285 g/mol. The van der Waals surface area contributed by atoms with Crippen LogP contribution in [0, 0.1) is 6.92 Å². The predicted molar refractivity (Wildman–Crippen MR) is 77.8 cm³/mol. The molecule has 0 bridgehead atoms. The molecule has 2 aromatic rings. The lowest BCUT2D eigenvalue weighted by Crippen LogP contribution is -2.44. The number of nitrogens with zero attached hydrogens (tertiary/aromatic N) is 4. The Hall–Kier alpha value is -2.24. The summed E-state index contributed by atoms with van der Waals surface area (Å²) in [6.45, 7) is 5.76. The Kier molecular flexibility index (Phi) is 3.45. The van der Waals surface area contributed by atoms with E-state index in [1.54, 1.807) is 12.4 Å². The molecule has 110 valence electrons. The van der Waals surface area contributed by atoms with Crippen LogP contribution in [0.5, 0.6) is 0 Å². The molecule has 1 fully saturated rings. The zero-order chi connectivity index (χ0) is 14.9. The molecule has 1 saturated heterocycles. The third-order valence-electron chi connectivity index (χ3n) is 4.37. The highest BCUT2D eigenvalue weighted by molar-refractivity contribution is 5.92. The zero-order valence-corrected chi connectivity index (χ0v) is 12.3. The van der Waals surface area contributed by atoms with Crippen molar-refractivity contribution in [1.29, 1.82) is 0 Å². The molecule has 1 amide bonds. The molecular formula is C15H19N5O. The van der Waals surface area contributed by atoms with Gasteiger partial charge in [-0.05, 0) is 25.3 Å². The fraction of sp³-hybridized carbons (Fsp3) is 0.467. The van der Waals surface area contributed by atoms with Crippen LogP contribution in [0.15, 0.2) is 24.8 Å². The zero-order valence-electron chi connectivity index (χ0n) is 12.3. The first kappa shape index (κ1) is 13.7. The summed E-state index contributed by atoms with van der Waals surface area (Å²) in [5, 5.41) is 7.24. The van der Waals surface area contributed by atoms with E-state index in [-0.39, 0.29) is 11.3 Å². The largest absolute Gasteiger partial charge is 0.337 e. The van der Waals surface area contributed by atoms with Gasteiger partial charge >= 0.3 is 0 Å². The Morgan fingerprint density at radius 1 is 1.29 bits per heavy atom. The molecule has 0 atom stereocenters. The molecule has 6 heteroatoms. The van der Waals surface area contributed by atoms with Crippen molar-refractivity contribution in [2.45, 2.75) is 32.1 Å².